The molecule has 3 nitrogen and oxygen atoms in total. The van der Waals surface area contributed by atoms with E-state index in [4.69, 9.17) is 0 Å². The summed E-state index contributed by atoms with van der Waals surface area (Å²) in [5, 5.41) is 0. The lowest BCUT2D eigenvalue weighted by Crippen LogP contribution is -2.51. The third-order valence-electron chi connectivity index (χ3n) is 4.81. The van der Waals surface area contributed by atoms with Crippen LogP contribution in [0.4, 0.5) is 0 Å². The fraction of sp³-hybridized carbons (Fsp3) is 0.588. The quantitative estimate of drug-likeness (QED) is 0.836. The fourth-order valence-electron chi connectivity index (χ4n) is 3.52. The number of carbonyl (C=O) groups excluding carboxylic acids is 1. The number of benzene rings is 1. The lowest BCUT2D eigenvalue weighted by molar-refractivity contribution is -0.132. The van der Waals surface area contributed by atoms with Gasteiger partial charge in [-0.25, -0.2) is 0 Å². The normalized spacial score (nSPS) is 20.9. The number of nitrogens with zero attached hydrogens (tertiary/aromatic N) is 2. The molecule has 3 rings (SSSR count). The maximum absolute atomic E-state index is 12.4. The Morgan fingerprint density at radius 1 is 1.10 bits per heavy atom. The summed E-state index contributed by atoms with van der Waals surface area (Å²) in [6.45, 7) is 3.87. The smallest absolute Gasteiger partial charge is 0.227 e. The van der Waals surface area contributed by atoms with Gasteiger partial charge in [0.25, 0.3) is 0 Å². The summed E-state index contributed by atoms with van der Waals surface area (Å²) in [7, 11) is 0. The Bertz CT molecular complexity index is 491. The van der Waals surface area contributed by atoms with Crippen LogP contribution in [0, 0.1) is 0 Å². The van der Waals surface area contributed by atoms with Gasteiger partial charge in [0.15, 0.2) is 0 Å². The van der Waals surface area contributed by atoms with Crippen LogP contribution in [0.15, 0.2) is 28.7 Å². The monoisotopic (exact) mass is 350 g/mol. The zero-order valence-electron chi connectivity index (χ0n) is 12.4. The number of hydrogen-bond donors (Lipinski definition) is 0. The second kappa shape index (κ2) is 6.93. The molecule has 0 unspecified atom stereocenters. The van der Waals surface area contributed by atoms with Crippen LogP contribution in [0.5, 0.6) is 0 Å². The lowest BCUT2D eigenvalue weighted by Gasteiger charge is -2.38. The molecule has 1 amide bonds. The summed E-state index contributed by atoms with van der Waals surface area (Å²) in [4.78, 5) is 17.1. The molecular weight excluding hydrogens is 328 g/mol. The predicted octanol–water partition coefficient (Wildman–Crippen LogP) is 3.08. The van der Waals surface area contributed by atoms with E-state index in [0.717, 1.165) is 42.3 Å². The fourth-order valence-corrected chi connectivity index (χ4v) is 3.95. The van der Waals surface area contributed by atoms with Gasteiger partial charge in [0, 0.05) is 36.7 Å². The minimum absolute atomic E-state index is 0.257. The Hall–Kier alpha value is -0.870. The van der Waals surface area contributed by atoms with Crippen LogP contribution in [0.3, 0.4) is 0 Å². The molecule has 2 aliphatic rings. The van der Waals surface area contributed by atoms with E-state index in [1.165, 1.54) is 25.7 Å². The second-order valence-corrected chi connectivity index (χ2v) is 6.98. The van der Waals surface area contributed by atoms with Gasteiger partial charge >= 0.3 is 0 Å². The first-order valence-electron chi connectivity index (χ1n) is 7.99. The number of piperazine rings is 1. The Balaban J connectivity index is 1.52. The number of rotatable bonds is 3. The zero-order chi connectivity index (χ0) is 14.7. The molecular formula is C17H23BrN2O. The van der Waals surface area contributed by atoms with E-state index in [1.807, 2.05) is 29.2 Å². The topological polar surface area (TPSA) is 23.6 Å². The Labute approximate surface area is 135 Å². The first-order chi connectivity index (χ1) is 10.2. The summed E-state index contributed by atoms with van der Waals surface area (Å²) in [6.07, 6.45) is 5.97. The van der Waals surface area contributed by atoms with Crippen molar-refractivity contribution in [2.45, 2.75) is 38.1 Å². The zero-order valence-corrected chi connectivity index (χ0v) is 14.0. The summed E-state index contributed by atoms with van der Waals surface area (Å²) in [6, 6.07) is 8.78. The first-order valence-corrected chi connectivity index (χ1v) is 8.78. The van der Waals surface area contributed by atoms with E-state index >= 15 is 0 Å². The van der Waals surface area contributed by atoms with Gasteiger partial charge in [-0.15, -0.1) is 0 Å². The molecule has 2 fully saturated rings. The van der Waals surface area contributed by atoms with Crippen molar-refractivity contribution in [3.8, 4) is 0 Å². The molecule has 114 valence electrons. The average Bonchev–Trinajstić information content (AvgIpc) is 3.04. The third kappa shape index (κ3) is 3.67. The van der Waals surface area contributed by atoms with Crippen molar-refractivity contribution in [2.24, 2.45) is 0 Å². The van der Waals surface area contributed by atoms with Crippen molar-refractivity contribution in [1.29, 1.82) is 0 Å². The Morgan fingerprint density at radius 3 is 2.43 bits per heavy atom. The molecule has 21 heavy (non-hydrogen) atoms. The van der Waals surface area contributed by atoms with E-state index < -0.39 is 0 Å². The molecule has 1 aromatic rings. The van der Waals surface area contributed by atoms with Crippen molar-refractivity contribution >= 4 is 21.8 Å². The molecule has 0 radical (unpaired) electrons. The highest BCUT2D eigenvalue weighted by Gasteiger charge is 2.27. The van der Waals surface area contributed by atoms with Crippen LogP contribution < -0.4 is 0 Å². The highest BCUT2D eigenvalue weighted by molar-refractivity contribution is 9.10. The van der Waals surface area contributed by atoms with Gasteiger partial charge in [0.2, 0.25) is 5.91 Å². The van der Waals surface area contributed by atoms with Crippen LogP contribution in [0.1, 0.15) is 31.2 Å². The van der Waals surface area contributed by atoms with Crippen molar-refractivity contribution < 1.29 is 4.79 Å². The number of carbonyl (C=O) groups is 1. The number of hydrogen-bond acceptors (Lipinski definition) is 2. The average molecular weight is 351 g/mol. The molecule has 1 aliphatic carbocycles. The maximum Gasteiger partial charge on any atom is 0.227 e. The second-order valence-electron chi connectivity index (χ2n) is 6.12. The molecule has 0 atom stereocenters. The summed E-state index contributed by atoms with van der Waals surface area (Å²) >= 11 is 3.52. The van der Waals surface area contributed by atoms with Gasteiger partial charge in [0.05, 0.1) is 6.42 Å². The molecule has 1 saturated heterocycles. The Kier molecular flexibility index (Phi) is 4.96. The molecule has 0 spiro atoms. The summed E-state index contributed by atoms with van der Waals surface area (Å²) < 4.78 is 1.03. The van der Waals surface area contributed by atoms with Crippen LogP contribution in [-0.2, 0) is 11.2 Å². The number of amides is 1. The van der Waals surface area contributed by atoms with E-state index in [1.54, 1.807) is 0 Å². The summed E-state index contributed by atoms with van der Waals surface area (Å²) in [5.41, 5.74) is 1.08. The standard InChI is InChI=1S/C17H23BrN2O/c18-16-8-4-1-5-14(16)13-17(21)20-11-9-19(10-12-20)15-6-2-3-7-15/h1,4-5,8,15H,2-3,6-7,9-13H2. The highest BCUT2D eigenvalue weighted by Crippen LogP contribution is 2.24. The summed E-state index contributed by atoms with van der Waals surface area (Å²) in [5.74, 6) is 0.257. The van der Waals surface area contributed by atoms with Crippen LogP contribution in [0.2, 0.25) is 0 Å². The van der Waals surface area contributed by atoms with Gasteiger partial charge in [-0.1, -0.05) is 47.0 Å². The minimum Gasteiger partial charge on any atom is -0.340 e. The van der Waals surface area contributed by atoms with Gasteiger partial charge in [-0.05, 0) is 24.5 Å². The van der Waals surface area contributed by atoms with E-state index in [0.29, 0.717) is 6.42 Å². The van der Waals surface area contributed by atoms with Crippen molar-refractivity contribution in [3.05, 3.63) is 34.3 Å². The highest BCUT2D eigenvalue weighted by atomic mass is 79.9. The molecule has 4 heteroatoms. The predicted molar refractivity (Wildman–Crippen MR) is 88.3 cm³/mol. The first kappa shape index (κ1) is 15.0. The van der Waals surface area contributed by atoms with Crippen molar-refractivity contribution in [1.82, 2.24) is 9.80 Å². The largest absolute Gasteiger partial charge is 0.340 e. The van der Waals surface area contributed by atoms with E-state index in [2.05, 4.69) is 20.8 Å². The molecule has 1 aliphatic heterocycles. The maximum atomic E-state index is 12.4. The lowest BCUT2D eigenvalue weighted by atomic mass is 10.1. The van der Waals surface area contributed by atoms with Crippen molar-refractivity contribution in [2.75, 3.05) is 26.2 Å². The van der Waals surface area contributed by atoms with E-state index in [9.17, 15) is 4.79 Å². The van der Waals surface area contributed by atoms with Crippen LogP contribution >= 0.6 is 15.9 Å². The Morgan fingerprint density at radius 2 is 1.76 bits per heavy atom. The van der Waals surface area contributed by atoms with Gasteiger partial charge in [-0.3, -0.25) is 9.69 Å². The molecule has 0 aromatic heterocycles. The molecule has 0 bridgehead atoms. The van der Waals surface area contributed by atoms with Gasteiger partial charge in [0.1, 0.15) is 0 Å². The van der Waals surface area contributed by atoms with Gasteiger partial charge in [-0.2, -0.15) is 0 Å². The van der Waals surface area contributed by atoms with Crippen LogP contribution in [0.25, 0.3) is 0 Å². The SMILES string of the molecule is O=C(Cc1ccccc1Br)N1CCN(C2CCCC2)CC1. The molecule has 1 saturated carbocycles. The van der Waals surface area contributed by atoms with Gasteiger partial charge < -0.3 is 4.90 Å². The number of halogens is 1. The third-order valence-corrected chi connectivity index (χ3v) is 5.58. The van der Waals surface area contributed by atoms with Crippen molar-refractivity contribution in [3.63, 3.8) is 0 Å². The van der Waals surface area contributed by atoms with Crippen LogP contribution in [-0.4, -0.2) is 47.9 Å². The van der Waals surface area contributed by atoms with E-state index in [-0.39, 0.29) is 5.91 Å². The molecule has 0 N–H and O–H groups in total. The molecule has 1 heterocycles. The molecule has 1 aromatic carbocycles. The minimum atomic E-state index is 0.257.